The Kier molecular flexibility index (Phi) is 12.4. The first-order valence-corrected chi connectivity index (χ1v) is 22.8. The van der Waals surface area contributed by atoms with E-state index >= 15 is 17.6 Å². The molecule has 0 saturated heterocycles. The number of nitrogens with zero attached hydrogens (tertiary/aromatic N) is 2. The zero-order valence-electron chi connectivity index (χ0n) is 32.2. The third-order valence-corrected chi connectivity index (χ3v) is 19.7. The molecule has 2 unspecified atom stereocenters. The summed E-state index contributed by atoms with van der Waals surface area (Å²) >= 11 is -5.08. The van der Waals surface area contributed by atoms with E-state index in [1.807, 2.05) is 83.7 Å². The van der Waals surface area contributed by atoms with E-state index in [-0.39, 0.29) is 30.9 Å². The van der Waals surface area contributed by atoms with Crippen molar-refractivity contribution < 1.29 is 34.2 Å². The molecule has 2 atom stereocenters. The van der Waals surface area contributed by atoms with Crippen LogP contribution in [0.5, 0.6) is 0 Å². The molecule has 0 saturated carbocycles. The second-order valence-corrected chi connectivity index (χ2v) is 20.8. The topological polar surface area (TPSA) is 9.86 Å². The Balaban J connectivity index is 1.68. The third-order valence-electron chi connectivity index (χ3n) is 11.7. The van der Waals surface area contributed by atoms with Crippen molar-refractivity contribution >= 4 is 7.74 Å². The SMILES string of the molecule is CCCCC(CC)c1ccc(C)n1-c1ccc(F)[c]([Ti]([C]2=CC=CC2)([C]2=CC=CC2)[c]2c(F)ccc(-n3c(C)ccc3C(CC)CCCC)c2F)c1F. The van der Waals surface area contributed by atoms with Gasteiger partial charge in [0, 0.05) is 0 Å². The van der Waals surface area contributed by atoms with E-state index < -0.39 is 39.9 Å². The first-order chi connectivity index (χ1) is 25.6. The van der Waals surface area contributed by atoms with Gasteiger partial charge in [-0.05, 0) is 0 Å². The maximum absolute atomic E-state index is 18.0. The summed E-state index contributed by atoms with van der Waals surface area (Å²) in [6.45, 7) is 12.5. The Morgan fingerprint density at radius 1 is 0.585 bits per heavy atom. The number of benzene rings is 2. The van der Waals surface area contributed by atoms with Crippen molar-refractivity contribution in [3.8, 4) is 11.4 Å². The molecule has 2 aliphatic rings. The van der Waals surface area contributed by atoms with Gasteiger partial charge in [0.25, 0.3) is 0 Å². The van der Waals surface area contributed by atoms with E-state index in [0.717, 1.165) is 74.1 Å². The first-order valence-electron chi connectivity index (χ1n) is 19.7. The number of aryl methyl sites for hydroxylation is 2. The molecule has 2 aliphatic carbocycles. The molecule has 6 rings (SSSR count). The van der Waals surface area contributed by atoms with Gasteiger partial charge in [0.05, 0.1) is 0 Å². The van der Waals surface area contributed by atoms with Gasteiger partial charge in [0.2, 0.25) is 0 Å². The van der Waals surface area contributed by atoms with E-state index in [4.69, 9.17) is 0 Å². The molecule has 53 heavy (non-hydrogen) atoms. The molecule has 2 heterocycles. The van der Waals surface area contributed by atoms with E-state index in [9.17, 15) is 0 Å². The van der Waals surface area contributed by atoms with Crippen molar-refractivity contribution in [2.75, 3.05) is 0 Å². The third kappa shape index (κ3) is 6.95. The summed E-state index contributed by atoms with van der Waals surface area (Å²) in [5, 5.41) is 0. The molecular formula is C46H54F4N2Ti. The van der Waals surface area contributed by atoms with E-state index in [0.29, 0.717) is 20.6 Å². The van der Waals surface area contributed by atoms with Gasteiger partial charge in [-0.3, -0.25) is 0 Å². The number of hydrogen-bond acceptors (Lipinski definition) is 0. The number of hydrogen-bond donors (Lipinski definition) is 0. The molecule has 0 amide bonds. The molecular weight excluding hydrogens is 704 g/mol. The van der Waals surface area contributed by atoms with Crippen LogP contribution in [0.2, 0.25) is 0 Å². The average molecular weight is 759 g/mol. The quantitative estimate of drug-likeness (QED) is 0.0795. The second kappa shape index (κ2) is 16.8. The van der Waals surface area contributed by atoms with Gasteiger partial charge in [-0.1, -0.05) is 0 Å². The van der Waals surface area contributed by atoms with Crippen LogP contribution in [-0.4, -0.2) is 9.13 Å². The van der Waals surface area contributed by atoms with Crippen molar-refractivity contribution in [1.29, 1.82) is 0 Å². The number of aromatic nitrogens is 2. The molecule has 0 fully saturated rings. The maximum atomic E-state index is 18.0. The van der Waals surface area contributed by atoms with Gasteiger partial charge >= 0.3 is 319 Å². The van der Waals surface area contributed by atoms with Crippen LogP contribution in [-0.2, 0) is 16.6 Å². The Morgan fingerprint density at radius 3 is 1.34 bits per heavy atom. The Labute approximate surface area is 317 Å². The summed E-state index contributed by atoms with van der Waals surface area (Å²) in [4.78, 5) is 0. The summed E-state index contributed by atoms with van der Waals surface area (Å²) in [5.74, 6) is -2.62. The molecule has 2 aromatic heterocycles. The van der Waals surface area contributed by atoms with Gasteiger partial charge in [-0.25, -0.2) is 0 Å². The molecule has 2 nitrogen and oxygen atoms in total. The molecule has 0 aliphatic heterocycles. The number of rotatable bonds is 16. The van der Waals surface area contributed by atoms with Gasteiger partial charge in [0.15, 0.2) is 0 Å². The van der Waals surface area contributed by atoms with E-state index in [1.165, 1.54) is 24.3 Å². The van der Waals surface area contributed by atoms with Crippen molar-refractivity contribution in [3.63, 3.8) is 0 Å². The molecule has 4 aromatic rings. The number of unbranched alkanes of at least 4 members (excludes halogenated alkanes) is 2. The molecule has 0 bridgehead atoms. The van der Waals surface area contributed by atoms with Gasteiger partial charge in [-0.2, -0.15) is 0 Å². The fourth-order valence-electron chi connectivity index (χ4n) is 8.98. The second-order valence-electron chi connectivity index (χ2n) is 14.9. The van der Waals surface area contributed by atoms with Crippen LogP contribution >= 0.6 is 0 Å². The molecule has 2 aromatic carbocycles. The Bertz CT molecular complexity index is 1930. The van der Waals surface area contributed by atoms with Crippen molar-refractivity contribution in [2.24, 2.45) is 0 Å². The van der Waals surface area contributed by atoms with Gasteiger partial charge in [0.1, 0.15) is 0 Å². The van der Waals surface area contributed by atoms with Crippen molar-refractivity contribution in [1.82, 2.24) is 9.13 Å². The summed E-state index contributed by atoms with van der Waals surface area (Å²) in [5.41, 5.74) is 4.06. The summed E-state index contributed by atoms with van der Waals surface area (Å²) in [6.07, 6.45) is 19.9. The van der Waals surface area contributed by atoms with Crippen LogP contribution in [0.25, 0.3) is 11.4 Å². The molecule has 0 radical (unpaired) electrons. The molecule has 280 valence electrons. The molecule has 0 N–H and O–H groups in total. The molecule has 7 heteroatoms. The average Bonchev–Trinajstić information content (AvgIpc) is 3.99. The predicted octanol–water partition coefficient (Wildman–Crippen LogP) is 12.6. The van der Waals surface area contributed by atoms with Crippen LogP contribution in [0.3, 0.4) is 0 Å². The zero-order chi connectivity index (χ0) is 37.9. The summed E-state index contributed by atoms with van der Waals surface area (Å²) < 4.78 is 75.1. The number of allylic oxidation sites excluding steroid dienone is 8. The minimum atomic E-state index is -5.08. The monoisotopic (exact) mass is 758 g/mol. The normalized spacial score (nSPS) is 15.4. The van der Waals surface area contributed by atoms with Gasteiger partial charge < -0.3 is 0 Å². The minimum absolute atomic E-state index is 0.165. The fraction of sp³-hybridized carbons (Fsp3) is 0.391. The van der Waals surface area contributed by atoms with E-state index in [1.54, 1.807) is 0 Å². The zero-order valence-corrected chi connectivity index (χ0v) is 33.8. The number of halogens is 4. The van der Waals surface area contributed by atoms with Crippen molar-refractivity contribution in [2.45, 2.75) is 118 Å². The molecule has 0 spiro atoms. The first kappa shape index (κ1) is 39.1. The Morgan fingerprint density at radius 2 is 1.00 bits per heavy atom. The van der Waals surface area contributed by atoms with Crippen LogP contribution in [0, 0.1) is 37.1 Å². The van der Waals surface area contributed by atoms with Crippen LogP contribution in [0.4, 0.5) is 17.6 Å². The fourth-order valence-corrected chi connectivity index (χ4v) is 17.2. The van der Waals surface area contributed by atoms with E-state index in [2.05, 4.69) is 27.7 Å². The van der Waals surface area contributed by atoms with Crippen molar-refractivity contribution in [3.05, 3.63) is 139 Å². The van der Waals surface area contributed by atoms with Crippen LogP contribution in [0.1, 0.15) is 127 Å². The Hall–Kier alpha value is -3.61. The van der Waals surface area contributed by atoms with Crippen LogP contribution < -0.4 is 7.74 Å². The predicted molar refractivity (Wildman–Crippen MR) is 209 cm³/mol. The standard InChI is InChI=1S/2C18H22F2N.2C5H5.Ti/c2*1-4-6-7-14(5-2)17-10-8-13(3)21(17)18-11-9-15(19)12-16(18)20;2*1-2-4-5-3-1;/h2*8-11,14H,4-7H2,1-3H3;2*1-3H,4H2;. The van der Waals surface area contributed by atoms with Gasteiger partial charge in [-0.15, -0.1) is 0 Å². The summed E-state index contributed by atoms with van der Waals surface area (Å²) in [6, 6.07) is 13.7. The summed E-state index contributed by atoms with van der Waals surface area (Å²) in [7, 11) is 0. The van der Waals surface area contributed by atoms with Crippen LogP contribution in [0.15, 0.2) is 92.7 Å².